The van der Waals surface area contributed by atoms with Crippen molar-refractivity contribution >= 4 is 5.91 Å². The van der Waals surface area contributed by atoms with E-state index in [0.29, 0.717) is 6.54 Å². The Hall–Kier alpha value is -1.43. The molecule has 88 valence electrons. The van der Waals surface area contributed by atoms with Crippen LogP contribution in [0.5, 0.6) is 0 Å². The Morgan fingerprint density at radius 3 is 3.06 bits per heavy atom. The van der Waals surface area contributed by atoms with Crippen molar-refractivity contribution in [2.24, 2.45) is 11.7 Å². The van der Waals surface area contributed by atoms with E-state index >= 15 is 0 Å². The Bertz CT molecular complexity index is 358. The lowest BCUT2D eigenvalue weighted by atomic mass is 9.85. The van der Waals surface area contributed by atoms with Crippen molar-refractivity contribution in [3.05, 3.63) is 11.9 Å². The normalized spacial score (nSPS) is 15.8. The van der Waals surface area contributed by atoms with Gasteiger partial charge in [0.05, 0.1) is 19.3 Å². The van der Waals surface area contributed by atoms with Gasteiger partial charge in [-0.1, -0.05) is 11.6 Å². The van der Waals surface area contributed by atoms with Crippen molar-refractivity contribution in [2.45, 2.75) is 32.4 Å². The first kappa shape index (κ1) is 11.1. The van der Waals surface area contributed by atoms with Crippen LogP contribution in [0.4, 0.5) is 0 Å². The van der Waals surface area contributed by atoms with Gasteiger partial charge in [-0.3, -0.25) is 9.48 Å². The van der Waals surface area contributed by atoms with Gasteiger partial charge in [-0.05, 0) is 18.8 Å². The SMILES string of the molecule is NCC(=O)NCc1cn(CC2CCC2)nn1. The minimum Gasteiger partial charge on any atom is -0.349 e. The Morgan fingerprint density at radius 2 is 2.44 bits per heavy atom. The molecule has 16 heavy (non-hydrogen) atoms. The summed E-state index contributed by atoms with van der Waals surface area (Å²) in [5.74, 6) is 0.585. The van der Waals surface area contributed by atoms with E-state index in [2.05, 4.69) is 15.6 Å². The van der Waals surface area contributed by atoms with Crippen LogP contribution in [0.2, 0.25) is 0 Å². The molecule has 0 radical (unpaired) electrons. The lowest BCUT2D eigenvalue weighted by Gasteiger charge is -2.24. The molecular weight excluding hydrogens is 206 g/mol. The van der Waals surface area contributed by atoms with E-state index in [1.54, 1.807) is 0 Å². The molecule has 0 atom stereocenters. The van der Waals surface area contributed by atoms with Crippen LogP contribution < -0.4 is 11.1 Å². The summed E-state index contributed by atoms with van der Waals surface area (Å²) in [6.07, 6.45) is 5.80. The summed E-state index contributed by atoms with van der Waals surface area (Å²) in [6.45, 7) is 1.36. The number of hydrogen-bond acceptors (Lipinski definition) is 4. The minimum atomic E-state index is -0.173. The van der Waals surface area contributed by atoms with Crippen molar-refractivity contribution in [1.82, 2.24) is 20.3 Å². The third kappa shape index (κ3) is 2.79. The van der Waals surface area contributed by atoms with Crippen LogP contribution in [-0.2, 0) is 17.9 Å². The van der Waals surface area contributed by atoms with Gasteiger partial charge in [-0.15, -0.1) is 5.10 Å². The zero-order valence-corrected chi connectivity index (χ0v) is 9.22. The quantitative estimate of drug-likeness (QED) is 0.714. The van der Waals surface area contributed by atoms with Crippen LogP contribution in [0.15, 0.2) is 6.20 Å². The molecule has 3 N–H and O–H groups in total. The molecule has 0 bridgehead atoms. The number of aromatic nitrogens is 3. The molecule has 6 nitrogen and oxygen atoms in total. The average Bonchev–Trinajstić information content (AvgIpc) is 2.68. The molecule has 1 saturated carbocycles. The fourth-order valence-corrected chi connectivity index (χ4v) is 1.71. The lowest BCUT2D eigenvalue weighted by Crippen LogP contribution is -2.29. The molecule has 1 heterocycles. The molecule has 0 aliphatic heterocycles. The van der Waals surface area contributed by atoms with E-state index in [1.807, 2.05) is 10.9 Å². The van der Waals surface area contributed by atoms with Gasteiger partial charge in [-0.25, -0.2) is 0 Å². The van der Waals surface area contributed by atoms with Gasteiger partial charge in [0.25, 0.3) is 0 Å². The van der Waals surface area contributed by atoms with E-state index in [0.717, 1.165) is 18.2 Å². The topological polar surface area (TPSA) is 85.8 Å². The first-order valence-corrected chi connectivity index (χ1v) is 5.63. The molecule has 0 unspecified atom stereocenters. The molecule has 1 aromatic heterocycles. The number of carbonyl (C=O) groups is 1. The molecular formula is C10H17N5O. The van der Waals surface area contributed by atoms with Crippen LogP contribution in [0.1, 0.15) is 25.0 Å². The van der Waals surface area contributed by atoms with E-state index < -0.39 is 0 Å². The molecule has 0 saturated heterocycles. The van der Waals surface area contributed by atoms with E-state index in [4.69, 9.17) is 5.73 Å². The molecule has 1 amide bonds. The molecule has 0 spiro atoms. The third-order valence-corrected chi connectivity index (χ3v) is 2.91. The highest BCUT2D eigenvalue weighted by Crippen LogP contribution is 2.27. The van der Waals surface area contributed by atoms with E-state index in [1.165, 1.54) is 19.3 Å². The number of amides is 1. The van der Waals surface area contributed by atoms with Crippen molar-refractivity contribution in [2.75, 3.05) is 6.54 Å². The predicted molar refractivity (Wildman–Crippen MR) is 58.3 cm³/mol. The van der Waals surface area contributed by atoms with Crippen molar-refractivity contribution < 1.29 is 4.79 Å². The molecule has 0 aromatic carbocycles. The highest BCUT2D eigenvalue weighted by Gasteiger charge is 2.18. The maximum absolute atomic E-state index is 10.9. The number of nitrogens with one attached hydrogen (secondary N) is 1. The van der Waals surface area contributed by atoms with Gasteiger partial charge in [0.2, 0.25) is 5.91 Å². The molecule has 6 heteroatoms. The zero-order chi connectivity index (χ0) is 11.4. The summed E-state index contributed by atoms with van der Waals surface area (Å²) in [6, 6.07) is 0. The van der Waals surface area contributed by atoms with Gasteiger partial charge in [0, 0.05) is 6.54 Å². The van der Waals surface area contributed by atoms with Crippen molar-refractivity contribution in [3.8, 4) is 0 Å². The smallest absolute Gasteiger partial charge is 0.234 e. The average molecular weight is 223 g/mol. The van der Waals surface area contributed by atoms with Crippen molar-refractivity contribution in [1.29, 1.82) is 0 Å². The maximum Gasteiger partial charge on any atom is 0.234 e. The van der Waals surface area contributed by atoms with E-state index in [-0.39, 0.29) is 12.5 Å². The van der Waals surface area contributed by atoms with Gasteiger partial charge in [0.15, 0.2) is 0 Å². The van der Waals surface area contributed by atoms with Gasteiger partial charge in [-0.2, -0.15) is 0 Å². The summed E-state index contributed by atoms with van der Waals surface area (Å²) < 4.78 is 1.85. The summed E-state index contributed by atoms with van der Waals surface area (Å²) in [4.78, 5) is 10.9. The summed E-state index contributed by atoms with van der Waals surface area (Å²) in [7, 11) is 0. The summed E-state index contributed by atoms with van der Waals surface area (Å²) in [5.41, 5.74) is 5.96. The molecule has 1 fully saturated rings. The zero-order valence-electron chi connectivity index (χ0n) is 9.22. The van der Waals surface area contributed by atoms with E-state index in [9.17, 15) is 4.79 Å². The summed E-state index contributed by atoms with van der Waals surface area (Å²) in [5, 5.41) is 10.7. The van der Waals surface area contributed by atoms with Crippen LogP contribution in [-0.4, -0.2) is 27.4 Å². The summed E-state index contributed by atoms with van der Waals surface area (Å²) >= 11 is 0. The number of carbonyl (C=O) groups excluding carboxylic acids is 1. The Labute approximate surface area is 94.2 Å². The third-order valence-electron chi connectivity index (χ3n) is 2.91. The second kappa shape index (κ2) is 5.07. The van der Waals surface area contributed by atoms with Gasteiger partial charge in [0.1, 0.15) is 5.69 Å². The molecule has 1 aliphatic carbocycles. The lowest BCUT2D eigenvalue weighted by molar-refractivity contribution is -0.119. The first-order valence-electron chi connectivity index (χ1n) is 5.63. The van der Waals surface area contributed by atoms with Gasteiger partial charge < -0.3 is 11.1 Å². The Balaban J connectivity index is 1.79. The number of rotatable bonds is 5. The first-order chi connectivity index (χ1) is 7.78. The largest absolute Gasteiger partial charge is 0.349 e. The number of hydrogen-bond donors (Lipinski definition) is 2. The van der Waals surface area contributed by atoms with Crippen LogP contribution in [0.3, 0.4) is 0 Å². The van der Waals surface area contributed by atoms with Crippen LogP contribution >= 0.6 is 0 Å². The van der Waals surface area contributed by atoms with Gasteiger partial charge >= 0.3 is 0 Å². The highest BCUT2D eigenvalue weighted by molar-refractivity contribution is 5.77. The second-order valence-corrected chi connectivity index (χ2v) is 4.21. The fraction of sp³-hybridized carbons (Fsp3) is 0.700. The standard InChI is InChI=1S/C10H17N5O/c11-4-10(16)12-5-9-7-15(14-13-9)6-8-2-1-3-8/h7-8H,1-6,11H2,(H,12,16). The highest BCUT2D eigenvalue weighted by atomic mass is 16.1. The molecule has 1 aliphatic rings. The Morgan fingerprint density at radius 1 is 1.62 bits per heavy atom. The number of nitrogens with two attached hydrogens (primary N) is 1. The van der Waals surface area contributed by atoms with Crippen molar-refractivity contribution in [3.63, 3.8) is 0 Å². The maximum atomic E-state index is 10.9. The minimum absolute atomic E-state index is 0.0101. The predicted octanol–water partition coefficient (Wildman–Crippen LogP) is -0.347. The molecule has 1 aromatic rings. The number of nitrogens with zero attached hydrogens (tertiary/aromatic N) is 3. The van der Waals surface area contributed by atoms with Crippen LogP contribution in [0.25, 0.3) is 0 Å². The monoisotopic (exact) mass is 223 g/mol. The fourth-order valence-electron chi connectivity index (χ4n) is 1.71. The Kier molecular flexibility index (Phi) is 3.51. The van der Waals surface area contributed by atoms with Crippen LogP contribution in [0, 0.1) is 5.92 Å². The molecule has 2 rings (SSSR count). The second-order valence-electron chi connectivity index (χ2n) is 4.21.